The van der Waals surface area contributed by atoms with Crippen LogP contribution in [0.4, 0.5) is 4.39 Å². The highest BCUT2D eigenvalue weighted by Gasteiger charge is 2.36. The van der Waals surface area contributed by atoms with Gasteiger partial charge in [0.15, 0.2) is 0 Å². The average molecular weight is 286 g/mol. The van der Waals surface area contributed by atoms with Crippen molar-refractivity contribution in [2.45, 2.75) is 25.7 Å². The Morgan fingerprint density at radius 1 is 1.44 bits per heavy atom. The molecule has 1 aromatic carbocycles. The summed E-state index contributed by atoms with van der Waals surface area (Å²) >= 11 is 3.50. The second kappa shape index (κ2) is 4.84. The van der Waals surface area contributed by atoms with Gasteiger partial charge in [-0.15, -0.1) is 0 Å². The molecule has 1 aliphatic carbocycles. The third kappa shape index (κ3) is 2.46. The molecule has 0 bridgehead atoms. The number of nitrogens with one attached hydrogen (secondary N) is 1. The van der Waals surface area contributed by atoms with E-state index in [-0.39, 0.29) is 5.82 Å². The molecule has 0 aromatic heterocycles. The maximum absolute atomic E-state index is 13.2. The summed E-state index contributed by atoms with van der Waals surface area (Å²) in [5, 5.41) is 3.26. The molecule has 0 saturated heterocycles. The monoisotopic (exact) mass is 285 g/mol. The molecule has 0 aliphatic heterocycles. The fraction of sp³-hybridized carbons (Fsp3) is 0.538. The quantitative estimate of drug-likeness (QED) is 0.893. The van der Waals surface area contributed by atoms with Crippen molar-refractivity contribution in [3.05, 3.63) is 34.1 Å². The summed E-state index contributed by atoms with van der Waals surface area (Å²) < 4.78 is 14.2. The lowest BCUT2D eigenvalue weighted by Crippen LogP contribution is -2.40. The lowest BCUT2D eigenvalue weighted by atomic mass is 9.65. The van der Waals surface area contributed by atoms with Gasteiger partial charge in [-0.1, -0.05) is 22.4 Å². The summed E-state index contributed by atoms with van der Waals surface area (Å²) in [5.41, 5.74) is 1.44. The van der Waals surface area contributed by atoms with E-state index in [0.717, 1.165) is 23.0 Å². The lowest BCUT2D eigenvalue weighted by molar-refractivity contribution is 0.133. The highest BCUT2D eigenvalue weighted by atomic mass is 79.9. The first-order valence-electron chi connectivity index (χ1n) is 5.74. The van der Waals surface area contributed by atoms with E-state index in [4.69, 9.17) is 0 Å². The molecule has 0 heterocycles. The van der Waals surface area contributed by atoms with Gasteiger partial charge in [0.1, 0.15) is 5.82 Å². The molecule has 1 aliphatic rings. The molecular weight excluding hydrogens is 269 g/mol. The third-order valence-electron chi connectivity index (χ3n) is 3.54. The fourth-order valence-corrected chi connectivity index (χ4v) is 2.94. The van der Waals surface area contributed by atoms with Crippen LogP contribution in [-0.2, 0) is 6.42 Å². The SMILES string of the molecule is CNCC1(Cc2cc(F)ccc2Br)CCC1. The molecule has 0 amide bonds. The molecular formula is C13H17BrFN. The fourth-order valence-electron chi connectivity index (χ4n) is 2.55. The second-order valence-electron chi connectivity index (χ2n) is 4.80. The van der Waals surface area contributed by atoms with Crippen LogP contribution in [0.25, 0.3) is 0 Å². The van der Waals surface area contributed by atoms with Crippen molar-refractivity contribution in [1.82, 2.24) is 5.32 Å². The van der Waals surface area contributed by atoms with E-state index in [1.165, 1.54) is 25.3 Å². The molecule has 0 atom stereocenters. The second-order valence-corrected chi connectivity index (χ2v) is 5.65. The topological polar surface area (TPSA) is 12.0 Å². The van der Waals surface area contributed by atoms with Gasteiger partial charge in [-0.05, 0) is 55.5 Å². The highest BCUT2D eigenvalue weighted by molar-refractivity contribution is 9.10. The van der Waals surface area contributed by atoms with Crippen LogP contribution in [0.1, 0.15) is 24.8 Å². The summed E-state index contributed by atoms with van der Waals surface area (Å²) in [6.45, 7) is 1.02. The predicted octanol–water partition coefficient (Wildman–Crippen LogP) is 3.52. The van der Waals surface area contributed by atoms with E-state index >= 15 is 0 Å². The Balaban J connectivity index is 2.15. The smallest absolute Gasteiger partial charge is 0.123 e. The van der Waals surface area contributed by atoms with Crippen LogP contribution in [0, 0.1) is 11.2 Å². The molecule has 0 unspecified atom stereocenters. The van der Waals surface area contributed by atoms with Crippen LogP contribution >= 0.6 is 15.9 Å². The molecule has 1 N–H and O–H groups in total. The normalized spacial score (nSPS) is 18.2. The Hall–Kier alpha value is -0.410. The summed E-state index contributed by atoms with van der Waals surface area (Å²) in [7, 11) is 1.99. The standard InChI is InChI=1S/C13H17BrFN/c1-16-9-13(5-2-6-13)8-10-7-11(15)3-4-12(10)14/h3-4,7,16H,2,5-6,8-9H2,1H3. The minimum absolute atomic E-state index is 0.142. The zero-order valence-corrected chi connectivity index (χ0v) is 11.1. The number of halogens is 2. The Labute approximate surface area is 105 Å². The molecule has 1 fully saturated rings. The number of benzene rings is 1. The molecule has 3 heteroatoms. The minimum Gasteiger partial charge on any atom is -0.319 e. The Bertz CT molecular complexity index is 374. The van der Waals surface area contributed by atoms with E-state index in [1.807, 2.05) is 7.05 Å². The number of hydrogen-bond acceptors (Lipinski definition) is 1. The van der Waals surface area contributed by atoms with Gasteiger partial charge in [-0.2, -0.15) is 0 Å². The van der Waals surface area contributed by atoms with Crippen molar-refractivity contribution < 1.29 is 4.39 Å². The summed E-state index contributed by atoms with van der Waals surface area (Å²) in [4.78, 5) is 0. The van der Waals surface area contributed by atoms with Crippen molar-refractivity contribution in [1.29, 1.82) is 0 Å². The van der Waals surface area contributed by atoms with Crippen molar-refractivity contribution in [3.63, 3.8) is 0 Å². The summed E-state index contributed by atoms with van der Waals surface area (Å²) in [5.74, 6) is -0.142. The molecule has 1 aromatic rings. The van der Waals surface area contributed by atoms with Crippen LogP contribution in [0.15, 0.2) is 22.7 Å². The highest BCUT2D eigenvalue weighted by Crippen LogP contribution is 2.44. The number of rotatable bonds is 4. The molecule has 16 heavy (non-hydrogen) atoms. The zero-order chi connectivity index (χ0) is 11.6. The van der Waals surface area contributed by atoms with Crippen LogP contribution in [0.3, 0.4) is 0 Å². The maximum atomic E-state index is 13.2. The van der Waals surface area contributed by atoms with E-state index < -0.39 is 0 Å². The van der Waals surface area contributed by atoms with E-state index in [2.05, 4.69) is 21.2 Å². The molecule has 2 rings (SSSR count). The maximum Gasteiger partial charge on any atom is 0.123 e. The lowest BCUT2D eigenvalue weighted by Gasteiger charge is -2.42. The van der Waals surface area contributed by atoms with Gasteiger partial charge in [-0.3, -0.25) is 0 Å². The van der Waals surface area contributed by atoms with Gasteiger partial charge in [0, 0.05) is 11.0 Å². The first kappa shape index (κ1) is 12.1. The van der Waals surface area contributed by atoms with Gasteiger partial charge in [0.25, 0.3) is 0 Å². The Morgan fingerprint density at radius 3 is 2.75 bits per heavy atom. The van der Waals surface area contributed by atoms with Gasteiger partial charge >= 0.3 is 0 Å². The predicted molar refractivity (Wildman–Crippen MR) is 68.0 cm³/mol. The molecule has 0 radical (unpaired) electrons. The summed E-state index contributed by atoms with van der Waals surface area (Å²) in [6.07, 6.45) is 4.76. The zero-order valence-electron chi connectivity index (χ0n) is 9.52. The van der Waals surface area contributed by atoms with E-state index in [9.17, 15) is 4.39 Å². The molecule has 88 valence electrons. The largest absolute Gasteiger partial charge is 0.319 e. The molecule has 1 saturated carbocycles. The van der Waals surface area contributed by atoms with Crippen LogP contribution < -0.4 is 5.32 Å². The van der Waals surface area contributed by atoms with Crippen LogP contribution in [0.5, 0.6) is 0 Å². The van der Waals surface area contributed by atoms with Crippen LogP contribution in [0.2, 0.25) is 0 Å². The van der Waals surface area contributed by atoms with Crippen LogP contribution in [-0.4, -0.2) is 13.6 Å². The molecule has 0 spiro atoms. The third-order valence-corrected chi connectivity index (χ3v) is 4.31. The van der Waals surface area contributed by atoms with Gasteiger partial charge in [-0.25, -0.2) is 4.39 Å². The average Bonchev–Trinajstić information content (AvgIpc) is 2.20. The van der Waals surface area contributed by atoms with Crippen molar-refractivity contribution in [2.75, 3.05) is 13.6 Å². The van der Waals surface area contributed by atoms with Crippen molar-refractivity contribution in [3.8, 4) is 0 Å². The Kier molecular flexibility index (Phi) is 3.65. The van der Waals surface area contributed by atoms with Gasteiger partial charge in [0.05, 0.1) is 0 Å². The minimum atomic E-state index is -0.142. The van der Waals surface area contributed by atoms with Crippen molar-refractivity contribution >= 4 is 15.9 Å². The van der Waals surface area contributed by atoms with E-state index in [1.54, 1.807) is 12.1 Å². The molecule has 1 nitrogen and oxygen atoms in total. The van der Waals surface area contributed by atoms with E-state index in [0.29, 0.717) is 5.41 Å². The van der Waals surface area contributed by atoms with Gasteiger partial charge in [0.2, 0.25) is 0 Å². The number of hydrogen-bond donors (Lipinski definition) is 1. The van der Waals surface area contributed by atoms with Crippen molar-refractivity contribution in [2.24, 2.45) is 5.41 Å². The first-order valence-corrected chi connectivity index (χ1v) is 6.53. The summed E-state index contributed by atoms with van der Waals surface area (Å²) in [6, 6.07) is 4.95. The Morgan fingerprint density at radius 2 is 2.19 bits per heavy atom. The first-order chi connectivity index (χ1) is 7.65. The van der Waals surface area contributed by atoms with Gasteiger partial charge < -0.3 is 5.32 Å².